The van der Waals surface area contributed by atoms with E-state index in [4.69, 9.17) is 9.47 Å². The van der Waals surface area contributed by atoms with Crippen LogP contribution in [0.15, 0.2) is 48.7 Å². The first-order chi connectivity index (χ1) is 22.3. The Balaban J connectivity index is 1.57. The molecule has 0 spiro atoms. The van der Waals surface area contributed by atoms with Crippen LogP contribution in [-0.4, -0.2) is 90.3 Å². The van der Waals surface area contributed by atoms with Gasteiger partial charge in [0.25, 0.3) is 5.91 Å². The van der Waals surface area contributed by atoms with E-state index < -0.39 is 91.0 Å². The lowest BCUT2D eigenvalue weighted by atomic mass is 9.88. The van der Waals surface area contributed by atoms with Crippen molar-refractivity contribution in [2.45, 2.75) is 87.9 Å². The highest BCUT2D eigenvalue weighted by atomic mass is 19.4. The van der Waals surface area contributed by atoms with Crippen molar-refractivity contribution >= 4 is 11.9 Å². The van der Waals surface area contributed by atoms with Crippen molar-refractivity contribution in [2.75, 3.05) is 6.61 Å². The van der Waals surface area contributed by atoms with Gasteiger partial charge in [-0.2, -0.15) is 13.2 Å². The molecule has 254 valence electrons. The third-order valence-electron chi connectivity index (χ3n) is 8.43. The Hall–Kier alpha value is -3.99. The number of carbonyl (C=O) groups is 2. The van der Waals surface area contributed by atoms with Gasteiger partial charge in [0.2, 0.25) is 0 Å². The Morgan fingerprint density at radius 2 is 1.77 bits per heavy atom. The minimum atomic E-state index is -4.76. The molecule has 11 nitrogen and oxygen atoms in total. The summed E-state index contributed by atoms with van der Waals surface area (Å²) < 4.78 is 82.1. The number of esters is 1. The van der Waals surface area contributed by atoms with Gasteiger partial charge in [-0.05, 0) is 36.6 Å². The average molecular weight is 669 g/mol. The maximum Gasteiger partial charge on any atom is 0.416 e. The molecule has 1 saturated heterocycles. The van der Waals surface area contributed by atoms with Gasteiger partial charge in [0.1, 0.15) is 35.6 Å². The molecule has 5 unspecified atom stereocenters. The lowest BCUT2D eigenvalue weighted by Crippen LogP contribution is -2.63. The molecule has 1 aliphatic carbocycles. The van der Waals surface area contributed by atoms with Crippen molar-refractivity contribution in [1.29, 1.82) is 0 Å². The highest BCUT2D eigenvalue weighted by Crippen LogP contribution is 2.37. The van der Waals surface area contributed by atoms with E-state index in [1.807, 2.05) is 0 Å². The fraction of sp³-hybridized carbons (Fsp3) is 0.484. The lowest BCUT2D eigenvalue weighted by Gasteiger charge is -2.46. The molecule has 2 aromatic carbocycles. The van der Waals surface area contributed by atoms with Crippen molar-refractivity contribution in [3.8, 4) is 11.3 Å². The molecular weight excluding hydrogens is 635 g/mol. The van der Waals surface area contributed by atoms with E-state index in [1.54, 1.807) is 0 Å². The SMILES string of the molecule is CC(=O)OC1C(C(=O)N(Cc2ccccc2C(F)(F)F)[C@H]2CCCC[C@@H]2O)OC(CO)C(O)C1n1cc(-c2cc(F)cc(F)c2)nn1. The van der Waals surface area contributed by atoms with Crippen molar-refractivity contribution in [3.63, 3.8) is 0 Å². The van der Waals surface area contributed by atoms with E-state index in [1.165, 1.54) is 24.4 Å². The Morgan fingerprint density at radius 3 is 2.40 bits per heavy atom. The van der Waals surface area contributed by atoms with Crippen LogP contribution < -0.4 is 0 Å². The second-order valence-corrected chi connectivity index (χ2v) is 11.6. The summed E-state index contributed by atoms with van der Waals surface area (Å²) in [7, 11) is 0. The fourth-order valence-corrected chi connectivity index (χ4v) is 6.27. The summed E-state index contributed by atoms with van der Waals surface area (Å²) in [5.74, 6) is -3.69. The number of aromatic nitrogens is 3. The van der Waals surface area contributed by atoms with Crippen molar-refractivity contribution in [1.82, 2.24) is 19.9 Å². The monoisotopic (exact) mass is 668 g/mol. The molecule has 47 heavy (non-hydrogen) atoms. The van der Waals surface area contributed by atoms with Crippen LogP contribution in [0.4, 0.5) is 22.0 Å². The molecule has 3 aromatic rings. The zero-order valence-electron chi connectivity index (χ0n) is 25.1. The number of rotatable bonds is 8. The molecule has 2 fully saturated rings. The fourth-order valence-electron chi connectivity index (χ4n) is 6.27. The van der Waals surface area contributed by atoms with Gasteiger partial charge in [0, 0.05) is 25.1 Å². The van der Waals surface area contributed by atoms with Crippen molar-refractivity contribution < 1.29 is 56.3 Å². The van der Waals surface area contributed by atoms with Crippen LogP contribution in [0.5, 0.6) is 0 Å². The molecule has 5 rings (SSSR count). The van der Waals surface area contributed by atoms with E-state index >= 15 is 0 Å². The van der Waals surface area contributed by atoms with Crippen molar-refractivity contribution in [2.24, 2.45) is 0 Å². The maximum absolute atomic E-state index is 14.5. The summed E-state index contributed by atoms with van der Waals surface area (Å²) in [4.78, 5) is 27.9. The van der Waals surface area contributed by atoms with Gasteiger partial charge in [0.05, 0.1) is 30.5 Å². The van der Waals surface area contributed by atoms with Crippen LogP contribution in [0.2, 0.25) is 0 Å². The normalized spacial score (nSPS) is 26.5. The quantitative estimate of drug-likeness (QED) is 0.243. The van der Waals surface area contributed by atoms with Crippen molar-refractivity contribution in [3.05, 3.63) is 71.4 Å². The number of hydrogen-bond acceptors (Lipinski definition) is 9. The molecule has 2 aliphatic rings. The highest BCUT2D eigenvalue weighted by Gasteiger charge is 2.53. The lowest BCUT2D eigenvalue weighted by molar-refractivity contribution is -0.223. The molecule has 3 N–H and O–H groups in total. The smallest absolute Gasteiger partial charge is 0.416 e. The number of benzene rings is 2. The van der Waals surface area contributed by atoms with E-state index in [2.05, 4.69) is 10.3 Å². The number of ether oxygens (including phenoxy) is 2. The van der Waals surface area contributed by atoms with Crippen LogP contribution >= 0.6 is 0 Å². The number of alkyl halides is 3. The summed E-state index contributed by atoms with van der Waals surface area (Å²) in [5, 5.41) is 40.1. The second kappa shape index (κ2) is 14.0. The molecule has 0 bridgehead atoms. The Morgan fingerprint density at radius 1 is 1.09 bits per heavy atom. The van der Waals surface area contributed by atoms with Crippen LogP contribution in [0, 0.1) is 11.6 Å². The van der Waals surface area contributed by atoms with Gasteiger partial charge in [-0.1, -0.05) is 36.3 Å². The van der Waals surface area contributed by atoms with Crippen LogP contribution in [0.1, 0.15) is 49.8 Å². The molecule has 1 aliphatic heterocycles. The van der Waals surface area contributed by atoms with E-state index in [-0.39, 0.29) is 29.7 Å². The summed E-state index contributed by atoms with van der Waals surface area (Å²) in [6.07, 6.45) is -9.63. The average Bonchev–Trinajstić information content (AvgIpc) is 3.49. The van der Waals surface area contributed by atoms with Gasteiger partial charge >= 0.3 is 12.1 Å². The van der Waals surface area contributed by atoms with Crippen LogP contribution in [0.3, 0.4) is 0 Å². The molecule has 1 amide bonds. The third-order valence-corrected chi connectivity index (χ3v) is 8.43. The number of amides is 1. The molecular formula is C31H33F5N4O7. The first kappa shape index (κ1) is 34.3. The molecule has 16 heteroatoms. The first-order valence-electron chi connectivity index (χ1n) is 14.9. The highest BCUT2D eigenvalue weighted by molar-refractivity contribution is 5.83. The molecule has 1 aromatic heterocycles. The summed E-state index contributed by atoms with van der Waals surface area (Å²) in [6, 6.07) is 4.86. The summed E-state index contributed by atoms with van der Waals surface area (Å²) >= 11 is 0. The Labute approximate surface area is 265 Å². The third kappa shape index (κ3) is 7.45. The second-order valence-electron chi connectivity index (χ2n) is 11.6. The maximum atomic E-state index is 14.5. The summed E-state index contributed by atoms with van der Waals surface area (Å²) in [5.41, 5.74) is -1.33. The molecule has 7 atom stereocenters. The van der Waals surface area contributed by atoms with Gasteiger partial charge < -0.3 is 29.7 Å². The van der Waals surface area contributed by atoms with Gasteiger partial charge in [-0.15, -0.1) is 5.10 Å². The minimum Gasteiger partial charge on any atom is -0.457 e. The number of halogens is 5. The Bertz CT molecular complexity index is 1570. The van der Waals surface area contributed by atoms with E-state index in [0.717, 1.165) is 34.7 Å². The number of hydrogen-bond donors (Lipinski definition) is 3. The first-order valence-corrected chi connectivity index (χ1v) is 14.9. The van der Waals surface area contributed by atoms with Gasteiger partial charge in [0.15, 0.2) is 12.2 Å². The topological polar surface area (TPSA) is 147 Å². The molecule has 0 radical (unpaired) electrons. The number of carbonyl (C=O) groups excluding carboxylic acids is 2. The minimum absolute atomic E-state index is 0.0218. The predicted octanol–water partition coefficient (Wildman–Crippen LogP) is 3.17. The van der Waals surface area contributed by atoms with Gasteiger partial charge in [-0.3, -0.25) is 9.59 Å². The molecule has 1 saturated carbocycles. The van der Waals surface area contributed by atoms with E-state index in [9.17, 15) is 46.9 Å². The number of aliphatic hydroxyl groups is 3. The zero-order chi connectivity index (χ0) is 34.0. The number of nitrogens with zero attached hydrogens (tertiary/aromatic N) is 4. The number of aliphatic hydroxyl groups excluding tert-OH is 3. The van der Waals surface area contributed by atoms with E-state index in [0.29, 0.717) is 18.9 Å². The summed E-state index contributed by atoms with van der Waals surface area (Å²) in [6.45, 7) is -0.417. The largest absolute Gasteiger partial charge is 0.457 e. The van der Waals surface area contributed by atoms with Crippen LogP contribution in [-0.2, 0) is 31.8 Å². The molecule has 2 heterocycles. The van der Waals surface area contributed by atoms with Gasteiger partial charge in [-0.25, -0.2) is 13.5 Å². The van der Waals surface area contributed by atoms with Crippen LogP contribution in [0.25, 0.3) is 11.3 Å². The zero-order valence-corrected chi connectivity index (χ0v) is 25.1. The predicted molar refractivity (Wildman–Crippen MR) is 152 cm³/mol. The Kier molecular flexibility index (Phi) is 10.2. The standard InChI is InChI=1S/C31H33F5N4O7/c1-16(42)46-28-26(40-14-22(37-38-40)18-10-19(32)12-20(33)11-18)27(44)25(15-41)47-29(28)30(45)39(23-8-4-5-9-24(23)43)13-17-6-2-3-7-21(17)31(34,35)36/h2-3,6-7,10-12,14,23-29,41,43-44H,4-5,8-9,13,15H2,1H3/t23-,24-,25?,26?,27?,28?,29?/m0/s1.